The third-order valence-electron chi connectivity index (χ3n) is 3.80. The third kappa shape index (κ3) is 2.55. The molecule has 0 aliphatic heterocycles. The topological polar surface area (TPSA) is 43.8 Å². The van der Waals surface area contributed by atoms with Gasteiger partial charge in [-0.25, -0.2) is 4.98 Å². The number of nitrogens with zero attached hydrogens (tertiary/aromatic N) is 2. The van der Waals surface area contributed by atoms with E-state index < -0.39 is 0 Å². The molecular weight excluding hydrogens is 282 g/mol. The number of aromatic nitrogens is 2. The molecule has 0 aliphatic carbocycles. The van der Waals surface area contributed by atoms with Gasteiger partial charge >= 0.3 is 0 Å². The number of hydrogen-bond donors (Lipinski definition) is 1. The molecule has 0 amide bonds. The van der Waals surface area contributed by atoms with Crippen molar-refractivity contribution in [3.8, 4) is 11.4 Å². The van der Waals surface area contributed by atoms with Crippen LogP contribution in [0.5, 0.6) is 0 Å². The number of benzene rings is 2. The Hall–Kier alpha value is -1.84. The van der Waals surface area contributed by atoms with Crippen LogP contribution in [0.15, 0.2) is 36.4 Å². The van der Waals surface area contributed by atoms with Gasteiger partial charge in [0.1, 0.15) is 5.82 Å². The summed E-state index contributed by atoms with van der Waals surface area (Å²) in [5.74, 6) is 0.919. The van der Waals surface area contributed by atoms with Gasteiger partial charge in [-0.15, -0.1) is 0 Å². The number of nitrogens with two attached hydrogens (primary N) is 1. The summed E-state index contributed by atoms with van der Waals surface area (Å²) >= 11 is 6.11. The molecule has 3 nitrogen and oxygen atoms in total. The monoisotopic (exact) mass is 299 g/mol. The molecule has 21 heavy (non-hydrogen) atoms. The lowest BCUT2D eigenvalue weighted by atomic mass is 10.1. The molecule has 0 aliphatic rings. The summed E-state index contributed by atoms with van der Waals surface area (Å²) in [6.45, 7) is 5.54. The van der Waals surface area contributed by atoms with Crippen molar-refractivity contribution in [3.63, 3.8) is 0 Å². The molecule has 2 aromatic carbocycles. The minimum atomic E-state index is 0.575. The zero-order chi connectivity index (χ0) is 15.0. The molecule has 0 atom stereocenters. The van der Waals surface area contributed by atoms with Gasteiger partial charge in [0.2, 0.25) is 0 Å². The van der Waals surface area contributed by atoms with Crippen LogP contribution in [0.3, 0.4) is 0 Å². The van der Waals surface area contributed by atoms with Gasteiger partial charge in [-0.05, 0) is 49.2 Å². The third-order valence-corrected chi connectivity index (χ3v) is 4.03. The van der Waals surface area contributed by atoms with Crippen molar-refractivity contribution in [2.75, 3.05) is 6.54 Å². The molecule has 108 valence electrons. The predicted octanol–water partition coefficient (Wildman–Crippen LogP) is 3.93. The average molecular weight is 300 g/mol. The van der Waals surface area contributed by atoms with Crippen LogP contribution >= 0.6 is 11.6 Å². The van der Waals surface area contributed by atoms with Gasteiger partial charge in [-0.3, -0.25) is 0 Å². The highest BCUT2D eigenvalue weighted by Crippen LogP contribution is 2.28. The van der Waals surface area contributed by atoms with Crippen molar-refractivity contribution in [2.24, 2.45) is 5.73 Å². The van der Waals surface area contributed by atoms with E-state index in [9.17, 15) is 0 Å². The summed E-state index contributed by atoms with van der Waals surface area (Å²) in [6, 6.07) is 12.1. The number of rotatable bonds is 3. The molecular formula is C17H18ClN3. The van der Waals surface area contributed by atoms with Crippen LogP contribution in [0.4, 0.5) is 0 Å². The van der Waals surface area contributed by atoms with Gasteiger partial charge in [0.15, 0.2) is 0 Å². The molecule has 0 saturated carbocycles. The zero-order valence-corrected chi connectivity index (χ0v) is 13.0. The molecule has 4 heteroatoms. The summed E-state index contributed by atoms with van der Waals surface area (Å²) in [7, 11) is 0. The molecule has 3 rings (SSSR count). The van der Waals surface area contributed by atoms with Crippen LogP contribution in [0.2, 0.25) is 5.02 Å². The maximum atomic E-state index is 6.11. The zero-order valence-electron chi connectivity index (χ0n) is 12.2. The highest BCUT2D eigenvalue weighted by Gasteiger charge is 2.13. The van der Waals surface area contributed by atoms with E-state index in [0.717, 1.165) is 29.0 Å². The predicted molar refractivity (Wildman–Crippen MR) is 88.7 cm³/mol. The molecule has 0 spiro atoms. The minimum absolute atomic E-state index is 0.575. The first kappa shape index (κ1) is 14.1. The highest BCUT2D eigenvalue weighted by atomic mass is 35.5. The highest BCUT2D eigenvalue weighted by molar-refractivity contribution is 6.30. The molecule has 1 aromatic heterocycles. The first-order valence-corrected chi connectivity index (χ1v) is 7.41. The van der Waals surface area contributed by atoms with E-state index in [0.29, 0.717) is 11.6 Å². The maximum Gasteiger partial charge on any atom is 0.141 e. The van der Waals surface area contributed by atoms with Crippen LogP contribution in [0.25, 0.3) is 22.4 Å². The normalized spacial score (nSPS) is 11.2. The Kier molecular flexibility index (Phi) is 3.70. The fourth-order valence-electron chi connectivity index (χ4n) is 2.58. The molecule has 0 fully saturated rings. The first-order valence-electron chi connectivity index (χ1n) is 7.03. The van der Waals surface area contributed by atoms with Gasteiger partial charge in [0.05, 0.1) is 11.0 Å². The summed E-state index contributed by atoms with van der Waals surface area (Å²) in [5, 5.41) is 0.714. The van der Waals surface area contributed by atoms with Crippen LogP contribution in [0, 0.1) is 13.8 Å². The van der Waals surface area contributed by atoms with Gasteiger partial charge in [-0.1, -0.05) is 23.7 Å². The average Bonchev–Trinajstić information content (AvgIpc) is 2.78. The van der Waals surface area contributed by atoms with E-state index >= 15 is 0 Å². The Bertz CT molecular complexity index is 805. The van der Waals surface area contributed by atoms with E-state index in [1.165, 1.54) is 11.1 Å². The van der Waals surface area contributed by atoms with E-state index in [4.69, 9.17) is 22.3 Å². The Morgan fingerprint density at radius 2 is 1.90 bits per heavy atom. The second-order valence-electron chi connectivity index (χ2n) is 5.31. The van der Waals surface area contributed by atoms with Crippen molar-refractivity contribution in [3.05, 3.63) is 52.5 Å². The van der Waals surface area contributed by atoms with Gasteiger partial charge in [0, 0.05) is 23.7 Å². The standard InChI is InChI=1S/C17H18ClN3/c1-11-8-15-16(9-12(11)2)21(7-6-19)17(20-15)13-4-3-5-14(18)10-13/h3-5,8-10H,6-7,19H2,1-2H3. The van der Waals surface area contributed by atoms with Gasteiger partial charge in [-0.2, -0.15) is 0 Å². The van der Waals surface area contributed by atoms with Gasteiger partial charge in [0.25, 0.3) is 0 Å². The quantitative estimate of drug-likeness (QED) is 0.796. The largest absolute Gasteiger partial charge is 0.329 e. The second-order valence-corrected chi connectivity index (χ2v) is 5.75. The van der Waals surface area contributed by atoms with Crippen molar-refractivity contribution < 1.29 is 0 Å². The Balaban J connectivity index is 2.28. The molecule has 0 unspecified atom stereocenters. The molecule has 3 aromatic rings. The smallest absolute Gasteiger partial charge is 0.141 e. The van der Waals surface area contributed by atoms with Gasteiger partial charge < -0.3 is 10.3 Å². The van der Waals surface area contributed by atoms with Crippen molar-refractivity contribution >= 4 is 22.6 Å². The van der Waals surface area contributed by atoms with Crippen LogP contribution in [-0.4, -0.2) is 16.1 Å². The van der Waals surface area contributed by atoms with E-state index in [1.54, 1.807) is 0 Å². The SMILES string of the molecule is Cc1cc2nc(-c3cccc(Cl)c3)n(CCN)c2cc1C. The maximum absolute atomic E-state index is 6.11. The first-order chi connectivity index (χ1) is 10.1. The number of fused-ring (bicyclic) bond motifs is 1. The molecule has 0 saturated heterocycles. The van der Waals surface area contributed by atoms with Crippen LogP contribution < -0.4 is 5.73 Å². The Morgan fingerprint density at radius 3 is 2.62 bits per heavy atom. The molecule has 0 radical (unpaired) electrons. The molecule has 1 heterocycles. The Morgan fingerprint density at radius 1 is 1.14 bits per heavy atom. The number of halogens is 1. The lowest BCUT2D eigenvalue weighted by molar-refractivity contribution is 0.735. The number of hydrogen-bond acceptors (Lipinski definition) is 2. The van der Waals surface area contributed by atoms with Crippen LogP contribution in [0.1, 0.15) is 11.1 Å². The number of imidazole rings is 1. The number of aryl methyl sites for hydroxylation is 2. The van der Waals surface area contributed by atoms with E-state index in [-0.39, 0.29) is 0 Å². The summed E-state index contributed by atoms with van der Waals surface area (Å²) < 4.78 is 2.17. The lowest BCUT2D eigenvalue weighted by Gasteiger charge is -2.08. The fourth-order valence-corrected chi connectivity index (χ4v) is 2.77. The van der Waals surface area contributed by atoms with Crippen molar-refractivity contribution in [2.45, 2.75) is 20.4 Å². The van der Waals surface area contributed by atoms with Crippen LogP contribution in [-0.2, 0) is 6.54 Å². The second kappa shape index (κ2) is 5.51. The summed E-state index contributed by atoms with van der Waals surface area (Å²) in [6.07, 6.45) is 0. The van der Waals surface area contributed by atoms with Crippen molar-refractivity contribution in [1.29, 1.82) is 0 Å². The van der Waals surface area contributed by atoms with E-state index in [2.05, 4.69) is 30.5 Å². The van der Waals surface area contributed by atoms with Crippen molar-refractivity contribution in [1.82, 2.24) is 9.55 Å². The van der Waals surface area contributed by atoms with E-state index in [1.807, 2.05) is 24.3 Å². The molecule has 0 bridgehead atoms. The summed E-state index contributed by atoms with van der Waals surface area (Å²) in [5.41, 5.74) is 11.4. The fraction of sp³-hybridized carbons (Fsp3) is 0.235. The summed E-state index contributed by atoms with van der Waals surface area (Å²) in [4.78, 5) is 4.79. The minimum Gasteiger partial charge on any atom is -0.329 e. The molecule has 2 N–H and O–H groups in total. The lowest BCUT2D eigenvalue weighted by Crippen LogP contribution is -2.11. The Labute approximate surface area is 129 Å².